The van der Waals surface area contributed by atoms with Crippen molar-refractivity contribution < 1.29 is 4.79 Å². The molecule has 1 rings (SSSR count). The van der Waals surface area contributed by atoms with Gasteiger partial charge in [0.1, 0.15) is 0 Å². The van der Waals surface area contributed by atoms with Crippen LogP contribution in [0.1, 0.15) is 35.8 Å². The number of carbonyl (C=O) groups excluding carboxylic acids is 1. The molecule has 0 radical (unpaired) electrons. The lowest BCUT2D eigenvalue weighted by Gasteiger charge is -2.03. The number of aryl methyl sites for hydroxylation is 2. The fourth-order valence-electron chi connectivity index (χ4n) is 1.55. The quantitative estimate of drug-likeness (QED) is 0.581. The molecular formula is C11H18N4OS. The highest BCUT2D eigenvalue weighted by Gasteiger charge is 2.13. The van der Waals surface area contributed by atoms with E-state index in [9.17, 15) is 4.79 Å². The molecule has 0 bridgehead atoms. The lowest BCUT2D eigenvalue weighted by molar-refractivity contribution is 0.0952. The van der Waals surface area contributed by atoms with Crippen LogP contribution in [0, 0.1) is 0 Å². The lowest BCUT2D eigenvalue weighted by Crippen LogP contribution is -2.25. The molecule has 6 heteroatoms. The van der Waals surface area contributed by atoms with Crippen LogP contribution in [0.15, 0.2) is 6.20 Å². The molecule has 0 spiro atoms. The molecule has 1 heterocycles. The minimum absolute atomic E-state index is 0.0853. The van der Waals surface area contributed by atoms with Gasteiger partial charge in [-0.2, -0.15) is 5.10 Å². The molecule has 3 N–H and O–H groups in total. The Morgan fingerprint density at radius 3 is 2.94 bits per heavy atom. The van der Waals surface area contributed by atoms with E-state index in [1.54, 1.807) is 10.9 Å². The molecule has 5 nitrogen and oxygen atoms in total. The summed E-state index contributed by atoms with van der Waals surface area (Å²) in [6.45, 7) is 2.56. The highest BCUT2D eigenvalue weighted by molar-refractivity contribution is 7.80. The molecule has 94 valence electrons. The van der Waals surface area contributed by atoms with Crippen molar-refractivity contribution in [1.82, 2.24) is 15.1 Å². The van der Waals surface area contributed by atoms with Gasteiger partial charge in [-0.25, -0.2) is 0 Å². The van der Waals surface area contributed by atoms with Crippen LogP contribution in [0.4, 0.5) is 0 Å². The van der Waals surface area contributed by atoms with Gasteiger partial charge in [-0.3, -0.25) is 9.48 Å². The molecule has 1 aromatic heterocycles. The summed E-state index contributed by atoms with van der Waals surface area (Å²) < 4.78 is 1.66. The molecule has 0 aromatic carbocycles. The van der Waals surface area contributed by atoms with E-state index < -0.39 is 0 Å². The standard InChI is InChI=1S/C11H18N4OS/c1-3-9-8(7-15(2)14-9)11(16)13-6-4-5-10(12)17/h7H,3-6H2,1-2H3,(H2,12,17)(H,13,16). The highest BCUT2D eigenvalue weighted by Crippen LogP contribution is 2.06. The van der Waals surface area contributed by atoms with E-state index >= 15 is 0 Å². The number of rotatable bonds is 6. The van der Waals surface area contributed by atoms with Crippen LogP contribution < -0.4 is 11.1 Å². The molecule has 0 unspecified atom stereocenters. The van der Waals surface area contributed by atoms with E-state index in [2.05, 4.69) is 10.4 Å². The van der Waals surface area contributed by atoms with E-state index in [-0.39, 0.29) is 5.91 Å². The van der Waals surface area contributed by atoms with Crippen molar-refractivity contribution in [3.63, 3.8) is 0 Å². The number of carbonyl (C=O) groups is 1. The van der Waals surface area contributed by atoms with Crippen LogP contribution in [-0.4, -0.2) is 27.2 Å². The summed E-state index contributed by atoms with van der Waals surface area (Å²) in [6.07, 6.45) is 3.91. The zero-order valence-corrected chi connectivity index (χ0v) is 11.0. The van der Waals surface area contributed by atoms with Crippen LogP contribution in [0.25, 0.3) is 0 Å². The van der Waals surface area contributed by atoms with Crippen LogP contribution in [-0.2, 0) is 13.5 Å². The first-order chi connectivity index (χ1) is 8.04. The molecule has 1 aromatic rings. The lowest BCUT2D eigenvalue weighted by atomic mass is 10.2. The second-order valence-corrected chi connectivity index (χ2v) is 4.37. The van der Waals surface area contributed by atoms with Gasteiger partial charge in [0.15, 0.2) is 0 Å². The zero-order chi connectivity index (χ0) is 12.8. The maximum absolute atomic E-state index is 11.9. The summed E-state index contributed by atoms with van der Waals surface area (Å²) in [5, 5.41) is 7.06. The van der Waals surface area contributed by atoms with Gasteiger partial charge in [-0.05, 0) is 19.3 Å². The Balaban J connectivity index is 2.49. The Hall–Kier alpha value is -1.43. The first kappa shape index (κ1) is 13.6. The second-order valence-electron chi connectivity index (χ2n) is 3.84. The van der Waals surface area contributed by atoms with Crippen LogP contribution in [0.3, 0.4) is 0 Å². The third-order valence-electron chi connectivity index (χ3n) is 2.37. The number of nitrogens with one attached hydrogen (secondary N) is 1. The van der Waals surface area contributed by atoms with Gasteiger partial charge in [0.25, 0.3) is 5.91 Å². The van der Waals surface area contributed by atoms with Crippen molar-refractivity contribution >= 4 is 23.1 Å². The molecule has 0 aliphatic heterocycles. The molecule has 1 amide bonds. The Labute approximate surface area is 106 Å². The largest absolute Gasteiger partial charge is 0.393 e. The van der Waals surface area contributed by atoms with Crippen LogP contribution in [0.2, 0.25) is 0 Å². The molecular weight excluding hydrogens is 236 g/mol. The molecule has 17 heavy (non-hydrogen) atoms. The average molecular weight is 254 g/mol. The molecule has 0 atom stereocenters. The van der Waals surface area contributed by atoms with Gasteiger partial charge >= 0.3 is 0 Å². The third kappa shape index (κ3) is 4.14. The van der Waals surface area contributed by atoms with Crippen LogP contribution >= 0.6 is 12.2 Å². The summed E-state index contributed by atoms with van der Waals surface area (Å²) in [7, 11) is 1.81. The summed E-state index contributed by atoms with van der Waals surface area (Å²) in [6, 6.07) is 0. The molecule has 0 saturated carbocycles. The minimum Gasteiger partial charge on any atom is -0.393 e. The highest BCUT2D eigenvalue weighted by atomic mass is 32.1. The second kappa shape index (κ2) is 6.34. The number of hydrogen-bond acceptors (Lipinski definition) is 3. The number of nitrogens with zero attached hydrogens (tertiary/aromatic N) is 2. The molecule has 0 saturated heterocycles. The van der Waals surface area contributed by atoms with Gasteiger partial charge < -0.3 is 11.1 Å². The fourth-order valence-corrected chi connectivity index (χ4v) is 1.69. The monoisotopic (exact) mass is 254 g/mol. The molecule has 0 aliphatic carbocycles. The first-order valence-corrected chi connectivity index (χ1v) is 6.04. The van der Waals surface area contributed by atoms with Crippen molar-refractivity contribution in [2.75, 3.05) is 6.54 Å². The number of hydrogen-bond donors (Lipinski definition) is 2. The van der Waals surface area contributed by atoms with Gasteiger partial charge in [-0.15, -0.1) is 0 Å². The van der Waals surface area contributed by atoms with E-state index in [4.69, 9.17) is 18.0 Å². The van der Waals surface area contributed by atoms with Crippen molar-refractivity contribution in [1.29, 1.82) is 0 Å². The van der Waals surface area contributed by atoms with E-state index in [1.807, 2.05) is 14.0 Å². The summed E-state index contributed by atoms with van der Waals surface area (Å²) in [5.41, 5.74) is 6.84. The molecule has 0 fully saturated rings. The SMILES string of the molecule is CCc1nn(C)cc1C(=O)NCCCC(N)=S. The molecule has 0 aliphatic rings. The number of nitrogens with two attached hydrogens (primary N) is 1. The van der Waals surface area contributed by atoms with Crippen molar-refractivity contribution in [3.8, 4) is 0 Å². The van der Waals surface area contributed by atoms with E-state index in [0.717, 1.165) is 18.5 Å². The van der Waals surface area contributed by atoms with E-state index in [0.29, 0.717) is 23.5 Å². The predicted molar refractivity (Wildman–Crippen MR) is 70.9 cm³/mol. The summed E-state index contributed by atoms with van der Waals surface area (Å²) in [4.78, 5) is 12.3. The van der Waals surface area contributed by atoms with Crippen molar-refractivity contribution in [2.45, 2.75) is 26.2 Å². The van der Waals surface area contributed by atoms with E-state index in [1.165, 1.54) is 0 Å². The Morgan fingerprint density at radius 2 is 2.35 bits per heavy atom. The maximum Gasteiger partial charge on any atom is 0.254 e. The minimum atomic E-state index is -0.0853. The van der Waals surface area contributed by atoms with Gasteiger partial charge in [-0.1, -0.05) is 19.1 Å². The van der Waals surface area contributed by atoms with Crippen molar-refractivity contribution in [3.05, 3.63) is 17.5 Å². The topological polar surface area (TPSA) is 72.9 Å². The Morgan fingerprint density at radius 1 is 1.65 bits per heavy atom. The summed E-state index contributed by atoms with van der Waals surface area (Å²) in [5.74, 6) is -0.0853. The van der Waals surface area contributed by atoms with Crippen molar-refractivity contribution in [2.24, 2.45) is 12.8 Å². The predicted octanol–water partition coefficient (Wildman–Crippen LogP) is 0.779. The first-order valence-electron chi connectivity index (χ1n) is 5.63. The fraction of sp³-hybridized carbons (Fsp3) is 0.545. The Kier molecular flexibility index (Phi) is 5.09. The summed E-state index contributed by atoms with van der Waals surface area (Å²) >= 11 is 4.76. The normalized spacial score (nSPS) is 10.2. The average Bonchev–Trinajstić information content (AvgIpc) is 2.65. The van der Waals surface area contributed by atoms with Gasteiger partial charge in [0, 0.05) is 19.8 Å². The zero-order valence-electron chi connectivity index (χ0n) is 10.2. The maximum atomic E-state index is 11.9. The smallest absolute Gasteiger partial charge is 0.254 e. The number of aromatic nitrogens is 2. The van der Waals surface area contributed by atoms with Crippen LogP contribution in [0.5, 0.6) is 0 Å². The third-order valence-corrected chi connectivity index (χ3v) is 2.57. The van der Waals surface area contributed by atoms with Gasteiger partial charge in [0.05, 0.1) is 16.2 Å². The van der Waals surface area contributed by atoms with Gasteiger partial charge in [0.2, 0.25) is 0 Å². The number of thiocarbonyl (C=S) groups is 1. The number of amides is 1. The Bertz CT molecular complexity index is 414.